The zero-order valence-corrected chi connectivity index (χ0v) is 73.8. The third kappa shape index (κ3) is 73.7. The van der Waals surface area contributed by atoms with Crippen molar-refractivity contribution < 1.29 is 25.9 Å². The van der Waals surface area contributed by atoms with E-state index < -0.39 is 20.2 Å². The largest absolute Gasteiger partial charge is 2.00 e. The van der Waals surface area contributed by atoms with Gasteiger partial charge < -0.3 is 9.11 Å². The van der Waals surface area contributed by atoms with Crippen LogP contribution in [0.5, 0.6) is 0 Å². The third-order valence-corrected chi connectivity index (χ3v) is 24.0. The van der Waals surface area contributed by atoms with Gasteiger partial charge in [-0.2, -0.15) is 0 Å². The van der Waals surface area contributed by atoms with Crippen LogP contribution >= 0.6 is 0 Å². The van der Waals surface area contributed by atoms with E-state index in [4.69, 9.17) is 0 Å². The van der Waals surface area contributed by atoms with E-state index in [0.717, 1.165) is 25.7 Å². The summed E-state index contributed by atoms with van der Waals surface area (Å²) < 4.78 is 68.3. The van der Waals surface area contributed by atoms with Gasteiger partial charge in [-0.1, -0.05) is 525 Å². The van der Waals surface area contributed by atoms with Crippen molar-refractivity contribution in [3.05, 3.63) is 59.7 Å². The molecule has 0 N–H and O–H groups in total. The number of rotatable bonds is 80. The Balaban J connectivity index is 0.00000196. The zero-order valence-electron chi connectivity index (χ0n) is 67.7. The molecule has 0 unspecified atom stereocenters. The molecule has 2 aromatic carbocycles. The van der Waals surface area contributed by atoms with Crippen molar-refractivity contribution in [1.82, 2.24) is 0 Å². The van der Waals surface area contributed by atoms with Crippen molar-refractivity contribution in [3.63, 3.8) is 0 Å². The maximum atomic E-state index is 11.4. The number of benzene rings is 2. The van der Waals surface area contributed by atoms with Gasteiger partial charge >= 0.3 is 48.9 Å². The predicted molar refractivity (Wildman–Crippen MR) is 444 cm³/mol. The standard InChI is InChI=1S/2C46H86O3S.Ba/c2*1-2-3-4-5-6-7-8-9-10-11-12-13-14-15-16-17-18-19-20-21-22-23-24-25-26-27-28-29-30-31-32-33-34-35-36-37-38-39-42-45-43-40-41-44-46(45)50(47,48)49;/h2*40-41,43-44H,2-39,42H2,1H3,(H,47,48,49);/q;;+2/p-2. The molecule has 0 aliphatic carbocycles. The fourth-order valence-corrected chi connectivity index (χ4v) is 16.9. The first-order valence-electron chi connectivity index (χ1n) is 45.2. The summed E-state index contributed by atoms with van der Waals surface area (Å²) in [7, 11) is -8.74. The van der Waals surface area contributed by atoms with Gasteiger partial charge in [-0.15, -0.1) is 0 Å². The summed E-state index contributed by atoms with van der Waals surface area (Å²) in [6.07, 6.45) is 109. The maximum absolute atomic E-state index is 11.4. The van der Waals surface area contributed by atoms with Crippen molar-refractivity contribution in [1.29, 1.82) is 0 Å². The molecule has 6 nitrogen and oxygen atoms in total. The smallest absolute Gasteiger partial charge is 0.744 e. The average Bonchev–Trinajstić information content (AvgIpc) is 0.853. The third-order valence-electron chi connectivity index (χ3n) is 22.1. The van der Waals surface area contributed by atoms with Crippen molar-refractivity contribution in [3.8, 4) is 0 Å². The van der Waals surface area contributed by atoms with Crippen LogP contribution in [0.3, 0.4) is 0 Å². The topological polar surface area (TPSA) is 114 Å². The van der Waals surface area contributed by atoms with Gasteiger partial charge in [0.15, 0.2) is 0 Å². The van der Waals surface area contributed by atoms with E-state index in [1.165, 1.54) is 474 Å². The molecule has 0 saturated carbocycles. The fraction of sp³-hybridized carbons (Fsp3) is 0.870. The summed E-state index contributed by atoms with van der Waals surface area (Å²) >= 11 is 0. The molecule has 0 aliphatic rings. The first-order chi connectivity index (χ1) is 49.1. The average molecular weight is 1570 g/mol. The SMILES string of the molecule is CCCCCCCCCCCCCCCCCCCCCCCCCCCCCCCCCCCCCCCCc1ccccc1S(=O)(=O)[O-].CCCCCCCCCCCCCCCCCCCCCCCCCCCCCCCCCCCCCCCCc1ccccc1S(=O)(=O)[O-].[Ba+2]. The van der Waals surface area contributed by atoms with E-state index in [2.05, 4.69) is 13.8 Å². The van der Waals surface area contributed by atoms with Gasteiger partial charge in [-0.25, -0.2) is 16.8 Å². The molecule has 101 heavy (non-hydrogen) atoms. The molecule has 0 fully saturated rings. The molecule has 588 valence electrons. The summed E-state index contributed by atoms with van der Waals surface area (Å²) in [4.78, 5) is -0.0805. The van der Waals surface area contributed by atoms with Crippen LogP contribution in [0.25, 0.3) is 0 Å². The molecular formula is C92H170BaO6S2. The monoisotopic (exact) mass is 1570 g/mol. The molecule has 0 heterocycles. The van der Waals surface area contributed by atoms with Gasteiger partial charge in [0.05, 0.1) is 9.79 Å². The molecule has 0 bridgehead atoms. The molecule has 0 amide bonds. The molecule has 0 saturated heterocycles. The quantitative estimate of drug-likeness (QED) is 0.0370. The molecular weight excluding hydrogens is 1400 g/mol. The van der Waals surface area contributed by atoms with Crippen LogP contribution in [-0.2, 0) is 33.1 Å². The van der Waals surface area contributed by atoms with Crippen LogP contribution in [-0.4, -0.2) is 74.8 Å². The molecule has 0 aromatic heterocycles. The molecule has 9 heteroatoms. The molecule has 0 radical (unpaired) electrons. The number of unbranched alkanes of at least 4 members (excludes halogenated alkanes) is 74. The second kappa shape index (κ2) is 80.8. The summed E-state index contributed by atoms with van der Waals surface area (Å²) in [6, 6.07) is 13.3. The van der Waals surface area contributed by atoms with Crippen LogP contribution in [0.4, 0.5) is 0 Å². The summed E-state index contributed by atoms with van der Waals surface area (Å²) in [5.74, 6) is 0. The minimum Gasteiger partial charge on any atom is -0.744 e. The van der Waals surface area contributed by atoms with E-state index >= 15 is 0 Å². The molecule has 2 aromatic rings. The Hall–Kier alpha value is -0.169. The Bertz CT molecular complexity index is 2010. The van der Waals surface area contributed by atoms with Crippen molar-refractivity contribution in [2.24, 2.45) is 0 Å². The Labute approximate surface area is 673 Å². The molecule has 0 aliphatic heterocycles. The minimum atomic E-state index is -4.37. The minimum absolute atomic E-state index is 0. The first kappa shape index (κ1) is 101. The Morgan fingerprint density at radius 3 is 0.416 bits per heavy atom. The first-order valence-corrected chi connectivity index (χ1v) is 48.0. The van der Waals surface area contributed by atoms with Gasteiger partial charge in [0.25, 0.3) is 0 Å². The van der Waals surface area contributed by atoms with Gasteiger partial charge in [0.1, 0.15) is 20.2 Å². The van der Waals surface area contributed by atoms with Crippen LogP contribution in [0, 0.1) is 0 Å². The fourth-order valence-electron chi connectivity index (χ4n) is 15.4. The summed E-state index contributed by atoms with van der Waals surface area (Å²) in [5.41, 5.74) is 1.35. The Morgan fingerprint density at radius 1 is 0.188 bits per heavy atom. The van der Waals surface area contributed by atoms with Crippen molar-refractivity contribution >= 4 is 69.1 Å². The number of hydrogen-bond donors (Lipinski definition) is 0. The second-order valence-corrected chi connectivity index (χ2v) is 34.5. The number of aryl methyl sites for hydroxylation is 2. The van der Waals surface area contributed by atoms with Crippen molar-refractivity contribution in [2.45, 2.75) is 524 Å². The predicted octanol–water partition coefficient (Wildman–Crippen LogP) is 31.6. The van der Waals surface area contributed by atoms with Crippen LogP contribution in [0.15, 0.2) is 58.3 Å². The molecule has 0 spiro atoms. The van der Waals surface area contributed by atoms with E-state index in [0.29, 0.717) is 24.0 Å². The van der Waals surface area contributed by atoms with E-state index in [1.54, 1.807) is 24.3 Å². The Morgan fingerprint density at radius 2 is 0.297 bits per heavy atom. The van der Waals surface area contributed by atoms with Gasteiger partial charge in [0.2, 0.25) is 0 Å². The van der Waals surface area contributed by atoms with Gasteiger partial charge in [-0.3, -0.25) is 0 Å². The van der Waals surface area contributed by atoms with Crippen molar-refractivity contribution in [2.75, 3.05) is 0 Å². The number of hydrogen-bond acceptors (Lipinski definition) is 6. The van der Waals surface area contributed by atoms with E-state index in [-0.39, 0.29) is 58.7 Å². The molecule has 0 atom stereocenters. The normalized spacial score (nSPS) is 11.8. The van der Waals surface area contributed by atoms with E-state index in [1.807, 2.05) is 12.1 Å². The zero-order chi connectivity index (χ0) is 72.1. The summed E-state index contributed by atoms with van der Waals surface area (Å²) in [6.45, 7) is 4.61. The Kier molecular flexibility index (Phi) is 80.7. The maximum Gasteiger partial charge on any atom is 2.00 e. The second-order valence-electron chi connectivity index (χ2n) is 31.8. The van der Waals surface area contributed by atoms with E-state index in [9.17, 15) is 25.9 Å². The van der Waals surface area contributed by atoms with Crippen LogP contribution < -0.4 is 0 Å². The van der Waals surface area contributed by atoms with Crippen LogP contribution in [0.1, 0.15) is 513 Å². The van der Waals surface area contributed by atoms with Crippen LogP contribution in [0.2, 0.25) is 0 Å². The summed E-state index contributed by atoms with van der Waals surface area (Å²) in [5, 5.41) is 0. The molecule has 2 rings (SSSR count). The van der Waals surface area contributed by atoms with Gasteiger partial charge in [0, 0.05) is 0 Å². The van der Waals surface area contributed by atoms with Gasteiger partial charge in [-0.05, 0) is 48.9 Å².